The van der Waals surface area contributed by atoms with E-state index in [9.17, 15) is 9.59 Å². The lowest BCUT2D eigenvalue weighted by atomic mass is 10.0. The molecule has 1 amide bonds. The smallest absolute Gasteiger partial charge is 0.295 e. The Balaban J connectivity index is 1.22. The molecule has 0 bridgehead atoms. The van der Waals surface area contributed by atoms with Crippen molar-refractivity contribution in [2.45, 2.75) is 18.9 Å². The second-order valence-corrected chi connectivity index (χ2v) is 7.38. The van der Waals surface area contributed by atoms with E-state index in [1.54, 1.807) is 17.3 Å². The number of H-pyrrole nitrogens is 1. The summed E-state index contributed by atoms with van der Waals surface area (Å²) in [5, 5.41) is 0.768. The van der Waals surface area contributed by atoms with Gasteiger partial charge in [-0.05, 0) is 18.2 Å². The third-order valence-electron chi connectivity index (χ3n) is 5.47. The van der Waals surface area contributed by atoms with E-state index < -0.39 is 11.7 Å². The lowest BCUT2D eigenvalue weighted by molar-refractivity contribution is -0.128. The predicted octanol–water partition coefficient (Wildman–Crippen LogP) is 3.36. The van der Waals surface area contributed by atoms with Gasteiger partial charge < -0.3 is 14.6 Å². The summed E-state index contributed by atoms with van der Waals surface area (Å²) >= 11 is 0. The lowest BCUT2D eigenvalue weighted by Gasteiger charge is -2.31. The molecule has 0 spiro atoms. The van der Waals surface area contributed by atoms with Crippen LogP contribution >= 0.6 is 0 Å². The van der Waals surface area contributed by atoms with Crippen molar-refractivity contribution < 1.29 is 14.3 Å². The van der Waals surface area contributed by atoms with Gasteiger partial charge in [-0.3, -0.25) is 9.59 Å². The number of nitrogens with one attached hydrogen (secondary N) is 1. The Morgan fingerprint density at radius 2 is 1.73 bits per heavy atom. The van der Waals surface area contributed by atoms with Crippen LogP contribution < -0.4 is 4.74 Å². The first-order chi connectivity index (χ1) is 14.7. The van der Waals surface area contributed by atoms with Gasteiger partial charge in [0.1, 0.15) is 6.10 Å². The molecular formula is C23H20N4O3. The quantitative estimate of drug-likeness (QED) is 0.419. The highest BCUT2D eigenvalue weighted by molar-refractivity contribution is 6.44. The standard InChI is InChI=1S/C23H20N4O3/c28-22(17-13-24-18-6-2-1-5-16(17)18)23(29)27-11-9-15(10-12-27)30-21-14-25-19-7-3-4-8-20(19)26-21/h1-8,13-15,24H,9-12H2. The minimum absolute atomic E-state index is 0.0623. The number of benzene rings is 2. The van der Waals surface area contributed by atoms with Gasteiger partial charge in [0.25, 0.3) is 11.7 Å². The number of likely N-dealkylation sites (tertiary alicyclic amines) is 1. The Labute approximate surface area is 172 Å². The summed E-state index contributed by atoms with van der Waals surface area (Å²) in [6.45, 7) is 0.942. The van der Waals surface area contributed by atoms with Gasteiger partial charge in [-0.15, -0.1) is 0 Å². The van der Waals surface area contributed by atoms with Crippen LogP contribution in [0.1, 0.15) is 23.2 Å². The van der Waals surface area contributed by atoms with Crippen LogP contribution in [0.5, 0.6) is 5.88 Å². The van der Waals surface area contributed by atoms with Gasteiger partial charge >= 0.3 is 0 Å². The van der Waals surface area contributed by atoms with Gasteiger partial charge in [0.15, 0.2) is 0 Å². The molecule has 150 valence electrons. The first-order valence-electron chi connectivity index (χ1n) is 9.97. The zero-order chi connectivity index (χ0) is 20.5. The van der Waals surface area contributed by atoms with Crippen LogP contribution in [-0.2, 0) is 4.79 Å². The zero-order valence-electron chi connectivity index (χ0n) is 16.2. The Kier molecular flexibility index (Phi) is 4.63. The average Bonchev–Trinajstić information content (AvgIpc) is 3.23. The number of para-hydroxylation sites is 3. The van der Waals surface area contributed by atoms with E-state index >= 15 is 0 Å². The molecule has 2 aromatic carbocycles. The van der Waals surface area contributed by atoms with Crippen molar-refractivity contribution in [1.82, 2.24) is 19.9 Å². The predicted molar refractivity (Wildman–Crippen MR) is 112 cm³/mol. The molecule has 2 aromatic heterocycles. The van der Waals surface area contributed by atoms with Crippen molar-refractivity contribution >= 4 is 33.6 Å². The van der Waals surface area contributed by atoms with E-state index in [1.807, 2.05) is 48.5 Å². The molecule has 5 rings (SSSR count). The summed E-state index contributed by atoms with van der Waals surface area (Å²) < 4.78 is 5.98. The summed E-state index contributed by atoms with van der Waals surface area (Å²) in [5.41, 5.74) is 2.87. The number of aromatic nitrogens is 3. The van der Waals surface area contributed by atoms with Crippen LogP contribution in [0.4, 0.5) is 0 Å². The van der Waals surface area contributed by atoms with Crippen molar-refractivity contribution in [3.05, 3.63) is 66.5 Å². The molecule has 0 saturated carbocycles. The van der Waals surface area contributed by atoms with Crippen LogP contribution in [0.2, 0.25) is 0 Å². The number of aromatic amines is 1. The van der Waals surface area contributed by atoms with E-state index in [0.717, 1.165) is 21.9 Å². The molecule has 1 aliphatic rings. The molecule has 7 nitrogen and oxygen atoms in total. The molecule has 30 heavy (non-hydrogen) atoms. The number of ether oxygens (including phenoxy) is 1. The van der Waals surface area contributed by atoms with E-state index in [2.05, 4.69) is 15.0 Å². The Morgan fingerprint density at radius 3 is 2.57 bits per heavy atom. The number of rotatable bonds is 4. The highest BCUT2D eigenvalue weighted by Gasteiger charge is 2.29. The molecule has 0 unspecified atom stereocenters. The molecule has 3 heterocycles. The van der Waals surface area contributed by atoms with Crippen LogP contribution in [-0.4, -0.2) is 50.7 Å². The fraction of sp³-hybridized carbons (Fsp3) is 0.217. The molecule has 1 fully saturated rings. The van der Waals surface area contributed by atoms with Crippen molar-refractivity contribution in [3.8, 4) is 5.88 Å². The van der Waals surface area contributed by atoms with Gasteiger partial charge in [0.05, 0.1) is 22.8 Å². The third-order valence-corrected chi connectivity index (χ3v) is 5.47. The summed E-state index contributed by atoms with van der Waals surface area (Å²) in [4.78, 5) is 39.0. The molecule has 0 radical (unpaired) electrons. The summed E-state index contributed by atoms with van der Waals surface area (Å²) in [7, 11) is 0. The van der Waals surface area contributed by atoms with Crippen LogP contribution in [0, 0.1) is 0 Å². The molecule has 7 heteroatoms. The Hall–Kier alpha value is -3.74. The molecule has 1 aliphatic heterocycles. The average molecular weight is 400 g/mol. The van der Waals surface area contributed by atoms with Gasteiger partial charge in [-0.25, -0.2) is 9.97 Å². The topological polar surface area (TPSA) is 88.2 Å². The first kappa shape index (κ1) is 18.3. The SMILES string of the molecule is O=C(C(=O)N1CCC(Oc2cnc3ccccc3n2)CC1)c1c[nH]c2ccccc12. The normalized spacial score (nSPS) is 14.9. The number of amides is 1. The number of piperidine rings is 1. The molecule has 4 aromatic rings. The molecule has 1 saturated heterocycles. The minimum atomic E-state index is -0.479. The van der Waals surface area contributed by atoms with Crippen molar-refractivity contribution in [3.63, 3.8) is 0 Å². The number of fused-ring (bicyclic) bond motifs is 2. The van der Waals surface area contributed by atoms with Gasteiger partial charge in [0, 0.05) is 43.0 Å². The summed E-state index contributed by atoms with van der Waals surface area (Å²) in [6, 6.07) is 15.1. The third kappa shape index (κ3) is 3.39. The lowest BCUT2D eigenvalue weighted by Crippen LogP contribution is -2.44. The maximum Gasteiger partial charge on any atom is 0.295 e. The van der Waals surface area contributed by atoms with E-state index in [-0.39, 0.29) is 6.10 Å². The van der Waals surface area contributed by atoms with Crippen molar-refractivity contribution in [2.75, 3.05) is 13.1 Å². The number of nitrogens with zero attached hydrogens (tertiary/aromatic N) is 3. The van der Waals surface area contributed by atoms with Crippen molar-refractivity contribution in [1.29, 1.82) is 0 Å². The largest absolute Gasteiger partial charge is 0.473 e. The van der Waals surface area contributed by atoms with Crippen LogP contribution in [0.15, 0.2) is 60.9 Å². The van der Waals surface area contributed by atoms with Gasteiger partial charge in [0.2, 0.25) is 5.88 Å². The molecular weight excluding hydrogens is 380 g/mol. The van der Waals surface area contributed by atoms with Crippen LogP contribution in [0.25, 0.3) is 21.9 Å². The number of hydrogen-bond donors (Lipinski definition) is 1. The van der Waals surface area contributed by atoms with E-state index in [1.165, 1.54) is 0 Å². The number of Topliss-reactive ketones (excluding diaryl/α,β-unsaturated/α-hetero) is 1. The molecule has 1 N–H and O–H groups in total. The number of carbonyl (C=O) groups excluding carboxylic acids is 2. The second-order valence-electron chi connectivity index (χ2n) is 7.38. The molecule has 0 aliphatic carbocycles. The van der Waals surface area contributed by atoms with Crippen molar-refractivity contribution in [2.24, 2.45) is 0 Å². The number of hydrogen-bond acceptors (Lipinski definition) is 5. The van der Waals surface area contributed by atoms with Gasteiger partial charge in [-0.1, -0.05) is 30.3 Å². The van der Waals surface area contributed by atoms with Gasteiger partial charge in [-0.2, -0.15) is 0 Å². The second kappa shape index (κ2) is 7.59. The van der Waals surface area contributed by atoms with E-state index in [4.69, 9.17) is 4.74 Å². The first-order valence-corrected chi connectivity index (χ1v) is 9.97. The Morgan fingerprint density at radius 1 is 1.00 bits per heavy atom. The van der Waals surface area contributed by atoms with E-state index in [0.29, 0.717) is 37.4 Å². The molecule has 0 atom stereocenters. The zero-order valence-corrected chi connectivity index (χ0v) is 16.2. The fourth-order valence-corrected chi connectivity index (χ4v) is 3.86. The monoisotopic (exact) mass is 400 g/mol. The highest BCUT2D eigenvalue weighted by atomic mass is 16.5. The fourth-order valence-electron chi connectivity index (χ4n) is 3.86. The maximum absolute atomic E-state index is 12.8. The number of carbonyl (C=O) groups is 2. The number of ketones is 1. The summed E-state index contributed by atoms with van der Waals surface area (Å²) in [6.07, 6.45) is 4.45. The Bertz CT molecular complexity index is 1240. The van der Waals surface area contributed by atoms with Crippen LogP contribution in [0.3, 0.4) is 0 Å². The minimum Gasteiger partial charge on any atom is -0.473 e. The highest BCUT2D eigenvalue weighted by Crippen LogP contribution is 2.22. The maximum atomic E-state index is 12.8. The summed E-state index contributed by atoms with van der Waals surface area (Å²) in [5.74, 6) is -0.468.